The third-order valence-corrected chi connectivity index (χ3v) is 4.06. The van der Waals surface area contributed by atoms with Crippen LogP contribution in [0.1, 0.15) is 37.7 Å². The molecule has 112 valence electrons. The topological polar surface area (TPSA) is 21.3 Å². The van der Waals surface area contributed by atoms with Gasteiger partial charge >= 0.3 is 0 Å². The largest absolute Gasteiger partial charge is 0.496 e. The van der Waals surface area contributed by atoms with Crippen LogP contribution in [0.4, 0.5) is 0 Å². The minimum atomic E-state index is 0. The summed E-state index contributed by atoms with van der Waals surface area (Å²) in [6.07, 6.45) is 8.90. The van der Waals surface area contributed by atoms with Crippen LogP contribution in [0.5, 0.6) is 5.75 Å². The Labute approximate surface area is 136 Å². The van der Waals surface area contributed by atoms with Gasteiger partial charge in [-0.15, -0.1) is 12.4 Å². The molecule has 2 rings (SSSR count). The Hall–Kier alpha value is -0.510. The maximum atomic E-state index is 5.38. The van der Waals surface area contributed by atoms with E-state index in [1.807, 2.05) is 12.1 Å². The van der Waals surface area contributed by atoms with Gasteiger partial charge in [-0.2, -0.15) is 0 Å². The van der Waals surface area contributed by atoms with Gasteiger partial charge in [0.25, 0.3) is 0 Å². The first-order chi connectivity index (χ1) is 9.29. The molecule has 0 bridgehead atoms. The van der Waals surface area contributed by atoms with Crippen molar-refractivity contribution in [3.8, 4) is 5.75 Å². The van der Waals surface area contributed by atoms with Crippen LogP contribution < -0.4 is 10.1 Å². The van der Waals surface area contributed by atoms with E-state index in [1.165, 1.54) is 37.7 Å². The highest BCUT2D eigenvalue weighted by atomic mass is 79.9. The Kier molecular flexibility index (Phi) is 8.27. The maximum Gasteiger partial charge on any atom is 0.123 e. The second-order valence-corrected chi connectivity index (χ2v) is 5.91. The number of nitrogens with one attached hydrogen (secondary N) is 1. The highest BCUT2D eigenvalue weighted by molar-refractivity contribution is 9.10. The van der Waals surface area contributed by atoms with Crippen molar-refractivity contribution in [1.82, 2.24) is 5.32 Å². The van der Waals surface area contributed by atoms with Crippen LogP contribution in [0.3, 0.4) is 0 Å². The van der Waals surface area contributed by atoms with E-state index < -0.39 is 0 Å². The van der Waals surface area contributed by atoms with Crippen molar-refractivity contribution in [3.63, 3.8) is 0 Å². The van der Waals surface area contributed by atoms with Crippen LogP contribution in [0.25, 0.3) is 0 Å². The van der Waals surface area contributed by atoms with E-state index in [1.54, 1.807) is 12.7 Å². The molecule has 1 aliphatic rings. The van der Waals surface area contributed by atoms with Crippen molar-refractivity contribution in [3.05, 3.63) is 39.9 Å². The van der Waals surface area contributed by atoms with Crippen molar-refractivity contribution < 1.29 is 4.74 Å². The lowest BCUT2D eigenvalue weighted by Crippen LogP contribution is -2.16. The number of methoxy groups -OCH3 is 1. The smallest absolute Gasteiger partial charge is 0.123 e. The Morgan fingerprint density at radius 2 is 2.15 bits per heavy atom. The zero-order valence-electron chi connectivity index (χ0n) is 12.0. The number of benzene rings is 1. The predicted octanol–water partition coefficient (Wildman–Crippen LogP) is 4.86. The molecule has 0 unspecified atom stereocenters. The quantitative estimate of drug-likeness (QED) is 0.578. The molecule has 1 aromatic rings. The number of allylic oxidation sites excluding steroid dienone is 1. The van der Waals surface area contributed by atoms with Gasteiger partial charge in [-0.1, -0.05) is 27.6 Å². The van der Waals surface area contributed by atoms with Crippen molar-refractivity contribution in [2.75, 3.05) is 13.7 Å². The first-order valence-corrected chi connectivity index (χ1v) is 7.80. The molecule has 2 nitrogen and oxygen atoms in total. The average Bonchev–Trinajstić information content (AvgIpc) is 2.45. The molecule has 1 N–H and O–H groups in total. The fourth-order valence-corrected chi connectivity index (χ4v) is 2.90. The number of hydrogen-bond acceptors (Lipinski definition) is 2. The Morgan fingerprint density at radius 1 is 1.30 bits per heavy atom. The van der Waals surface area contributed by atoms with Gasteiger partial charge in [-0.05, 0) is 56.8 Å². The lowest BCUT2D eigenvalue weighted by atomic mass is 9.97. The van der Waals surface area contributed by atoms with Crippen molar-refractivity contribution in [2.24, 2.45) is 0 Å². The van der Waals surface area contributed by atoms with Gasteiger partial charge in [-0.3, -0.25) is 0 Å². The summed E-state index contributed by atoms with van der Waals surface area (Å²) in [6.45, 7) is 1.90. The van der Waals surface area contributed by atoms with Crippen molar-refractivity contribution in [1.29, 1.82) is 0 Å². The van der Waals surface area contributed by atoms with Gasteiger partial charge in [0, 0.05) is 16.6 Å². The van der Waals surface area contributed by atoms with Crippen LogP contribution >= 0.6 is 28.3 Å². The molecule has 0 amide bonds. The molecule has 0 spiro atoms. The van der Waals surface area contributed by atoms with Gasteiger partial charge in [-0.25, -0.2) is 0 Å². The van der Waals surface area contributed by atoms with E-state index in [-0.39, 0.29) is 12.4 Å². The summed E-state index contributed by atoms with van der Waals surface area (Å²) in [4.78, 5) is 0. The Balaban J connectivity index is 0.00000200. The first-order valence-electron chi connectivity index (χ1n) is 7.00. The van der Waals surface area contributed by atoms with E-state index in [4.69, 9.17) is 4.74 Å². The van der Waals surface area contributed by atoms with Gasteiger partial charge in [0.2, 0.25) is 0 Å². The van der Waals surface area contributed by atoms with E-state index in [9.17, 15) is 0 Å². The van der Waals surface area contributed by atoms with E-state index in [0.717, 1.165) is 23.3 Å². The monoisotopic (exact) mass is 359 g/mol. The minimum Gasteiger partial charge on any atom is -0.496 e. The van der Waals surface area contributed by atoms with Crippen LogP contribution in [0, 0.1) is 0 Å². The van der Waals surface area contributed by atoms with Gasteiger partial charge in [0.15, 0.2) is 0 Å². The summed E-state index contributed by atoms with van der Waals surface area (Å²) in [5.41, 5.74) is 2.83. The normalized spacial score (nSPS) is 14.4. The molecule has 1 aliphatic carbocycles. The fraction of sp³-hybridized carbons (Fsp3) is 0.500. The molecule has 0 radical (unpaired) electrons. The van der Waals surface area contributed by atoms with E-state index >= 15 is 0 Å². The molecule has 0 atom stereocenters. The van der Waals surface area contributed by atoms with Crippen molar-refractivity contribution >= 4 is 28.3 Å². The molecule has 20 heavy (non-hydrogen) atoms. The Morgan fingerprint density at radius 3 is 2.85 bits per heavy atom. The average molecular weight is 361 g/mol. The van der Waals surface area contributed by atoms with Crippen LogP contribution in [0.2, 0.25) is 0 Å². The molecule has 0 heterocycles. The molecule has 1 aromatic carbocycles. The fourth-order valence-electron chi connectivity index (χ4n) is 2.49. The Bertz CT molecular complexity index is 448. The van der Waals surface area contributed by atoms with E-state index in [2.05, 4.69) is 33.4 Å². The highest BCUT2D eigenvalue weighted by Crippen LogP contribution is 2.23. The SMILES string of the molecule is COc1ccc(Br)cc1CNCCC1=CCCCC1.Cl. The van der Waals surface area contributed by atoms with Crippen LogP contribution in [0.15, 0.2) is 34.3 Å². The molecular formula is C16H23BrClNO. The predicted molar refractivity (Wildman–Crippen MR) is 90.8 cm³/mol. The highest BCUT2D eigenvalue weighted by Gasteiger charge is 2.05. The molecular weight excluding hydrogens is 338 g/mol. The third kappa shape index (κ3) is 5.47. The molecule has 0 aromatic heterocycles. The van der Waals surface area contributed by atoms with Gasteiger partial charge in [0.1, 0.15) is 5.75 Å². The third-order valence-electron chi connectivity index (χ3n) is 3.57. The number of halogens is 2. The lowest BCUT2D eigenvalue weighted by Gasteiger charge is -2.14. The molecule has 0 fully saturated rings. The summed E-state index contributed by atoms with van der Waals surface area (Å²) >= 11 is 3.50. The van der Waals surface area contributed by atoms with E-state index in [0.29, 0.717) is 0 Å². The summed E-state index contributed by atoms with van der Waals surface area (Å²) in [7, 11) is 1.72. The number of hydrogen-bond donors (Lipinski definition) is 1. The molecule has 4 heteroatoms. The molecule has 0 saturated heterocycles. The zero-order chi connectivity index (χ0) is 13.5. The molecule has 0 saturated carbocycles. The minimum absolute atomic E-state index is 0. The summed E-state index contributed by atoms with van der Waals surface area (Å²) in [5, 5.41) is 3.51. The zero-order valence-corrected chi connectivity index (χ0v) is 14.4. The standard InChI is InChI=1S/C16H22BrNO.ClH/c1-19-16-8-7-15(17)11-14(16)12-18-10-9-13-5-3-2-4-6-13;/h5,7-8,11,18H,2-4,6,9-10,12H2,1H3;1H. The van der Waals surface area contributed by atoms with Gasteiger partial charge < -0.3 is 10.1 Å². The first kappa shape index (κ1) is 17.5. The summed E-state index contributed by atoms with van der Waals surface area (Å²) in [6, 6.07) is 6.13. The summed E-state index contributed by atoms with van der Waals surface area (Å²) < 4.78 is 6.47. The van der Waals surface area contributed by atoms with Crippen molar-refractivity contribution in [2.45, 2.75) is 38.6 Å². The summed E-state index contributed by atoms with van der Waals surface area (Å²) in [5.74, 6) is 0.951. The second-order valence-electron chi connectivity index (χ2n) is 4.99. The lowest BCUT2D eigenvalue weighted by molar-refractivity contribution is 0.407. The van der Waals surface area contributed by atoms with Crippen LogP contribution in [-0.4, -0.2) is 13.7 Å². The number of ether oxygens (including phenoxy) is 1. The van der Waals surface area contributed by atoms with Crippen LogP contribution in [-0.2, 0) is 6.54 Å². The maximum absolute atomic E-state index is 5.38. The number of rotatable bonds is 6. The molecule has 0 aliphatic heterocycles. The van der Waals surface area contributed by atoms with Gasteiger partial charge in [0.05, 0.1) is 7.11 Å². The second kappa shape index (κ2) is 9.43.